The molecule has 1 fully saturated rings. The zero-order valence-electron chi connectivity index (χ0n) is 21.7. The van der Waals surface area contributed by atoms with Gasteiger partial charge in [0.25, 0.3) is 0 Å². The number of amides is 2. The van der Waals surface area contributed by atoms with E-state index in [2.05, 4.69) is 5.32 Å². The Morgan fingerprint density at radius 2 is 1.68 bits per heavy atom. The molecule has 37 heavy (non-hydrogen) atoms. The van der Waals surface area contributed by atoms with Gasteiger partial charge in [-0.2, -0.15) is 0 Å². The first kappa shape index (κ1) is 28.4. The molecular formula is C27H36FN3O5S. The van der Waals surface area contributed by atoms with Crippen LogP contribution in [-0.2, 0) is 26.2 Å². The smallest absolute Gasteiger partial charge is 0.244 e. The van der Waals surface area contributed by atoms with Crippen LogP contribution in [0, 0.1) is 5.82 Å². The second kappa shape index (κ2) is 12.9. The summed E-state index contributed by atoms with van der Waals surface area (Å²) in [5, 5.41) is 3.04. The van der Waals surface area contributed by atoms with Crippen LogP contribution < -0.4 is 14.4 Å². The van der Waals surface area contributed by atoms with E-state index in [9.17, 15) is 22.4 Å². The molecule has 1 N–H and O–H groups in total. The second-order valence-electron chi connectivity index (χ2n) is 9.36. The molecule has 0 heterocycles. The van der Waals surface area contributed by atoms with Crippen molar-refractivity contribution in [2.45, 2.75) is 64.6 Å². The molecule has 0 bridgehead atoms. The lowest BCUT2D eigenvalue weighted by molar-refractivity contribution is -0.139. The number of sulfonamides is 1. The van der Waals surface area contributed by atoms with Crippen molar-refractivity contribution in [2.24, 2.45) is 0 Å². The van der Waals surface area contributed by atoms with Gasteiger partial charge in [-0.25, -0.2) is 12.8 Å². The third-order valence-electron chi connectivity index (χ3n) is 6.50. The van der Waals surface area contributed by atoms with Crippen LogP contribution in [0.4, 0.5) is 10.1 Å². The Balaban J connectivity index is 1.84. The number of carbonyl (C=O) groups excluding carboxylic acids is 2. The molecule has 2 aromatic carbocycles. The first-order valence-electron chi connectivity index (χ1n) is 12.6. The van der Waals surface area contributed by atoms with Crippen molar-refractivity contribution in [3.05, 3.63) is 59.9 Å². The summed E-state index contributed by atoms with van der Waals surface area (Å²) in [5.41, 5.74) is 0.930. The molecule has 0 aromatic heterocycles. The van der Waals surface area contributed by atoms with Gasteiger partial charge in [0.15, 0.2) is 0 Å². The maximum absolute atomic E-state index is 13.6. The van der Waals surface area contributed by atoms with E-state index in [-0.39, 0.29) is 18.5 Å². The Morgan fingerprint density at radius 1 is 1.05 bits per heavy atom. The van der Waals surface area contributed by atoms with Crippen molar-refractivity contribution in [1.82, 2.24) is 10.2 Å². The van der Waals surface area contributed by atoms with Crippen molar-refractivity contribution in [1.29, 1.82) is 0 Å². The van der Waals surface area contributed by atoms with E-state index >= 15 is 0 Å². The highest BCUT2D eigenvalue weighted by Crippen LogP contribution is 2.23. The average molecular weight is 534 g/mol. The summed E-state index contributed by atoms with van der Waals surface area (Å²) in [5.74, 6) is -0.676. The molecule has 2 aromatic rings. The average Bonchev–Trinajstić information content (AvgIpc) is 2.87. The highest BCUT2D eigenvalue weighted by atomic mass is 32.2. The number of hydrogen-bond donors (Lipinski definition) is 1. The third kappa shape index (κ3) is 8.18. The standard InChI is InChI=1S/C27H36FN3O5S/c1-4-36-25-16-14-24(15-17-25)31(37(3,34)35)19-26(32)30(18-21-10-12-22(28)13-11-21)20(2)27(33)29-23-8-6-5-7-9-23/h10-17,20,23H,4-9,18-19H2,1-3H3,(H,29,33). The van der Waals surface area contributed by atoms with Crippen molar-refractivity contribution >= 4 is 27.5 Å². The van der Waals surface area contributed by atoms with Crippen molar-refractivity contribution < 1.29 is 27.1 Å². The zero-order chi connectivity index (χ0) is 27.0. The van der Waals surface area contributed by atoms with Gasteiger partial charge in [-0.3, -0.25) is 13.9 Å². The van der Waals surface area contributed by atoms with E-state index in [0.717, 1.165) is 42.7 Å². The van der Waals surface area contributed by atoms with Gasteiger partial charge in [0.2, 0.25) is 21.8 Å². The molecule has 1 saturated carbocycles. The van der Waals surface area contributed by atoms with E-state index in [1.165, 1.54) is 17.0 Å². The summed E-state index contributed by atoms with van der Waals surface area (Å²) in [4.78, 5) is 28.1. The van der Waals surface area contributed by atoms with Gasteiger partial charge >= 0.3 is 0 Å². The zero-order valence-corrected chi connectivity index (χ0v) is 22.5. The molecule has 1 atom stereocenters. The van der Waals surface area contributed by atoms with Crippen LogP contribution in [0.25, 0.3) is 0 Å². The fourth-order valence-corrected chi connectivity index (χ4v) is 5.28. The molecule has 202 valence electrons. The fraction of sp³-hybridized carbons (Fsp3) is 0.481. The van der Waals surface area contributed by atoms with E-state index in [1.54, 1.807) is 43.3 Å². The number of carbonyl (C=O) groups is 2. The van der Waals surface area contributed by atoms with Crippen molar-refractivity contribution in [3.8, 4) is 5.75 Å². The molecule has 2 amide bonds. The predicted molar refractivity (Wildman–Crippen MR) is 141 cm³/mol. The Labute approximate surface area is 218 Å². The first-order chi connectivity index (χ1) is 17.6. The Kier molecular flexibility index (Phi) is 9.91. The van der Waals surface area contributed by atoms with Gasteiger partial charge in [0.05, 0.1) is 18.6 Å². The number of hydrogen-bond acceptors (Lipinski definition) is 5. The van der Waals surface area contributed by atoms with E-state index in [0.29, 0.717) is 23.6 Å². The van der Waals surface area contributed by atoms with Gasteiger partial charge < -0.3 is 15.0 Å². The van der Waals surface area contributed by atoms with Crippen LogP contribution in [0.5, 0.6) is 5.75 Å². The van der Waals surface area contributed by atoms with E-state index in [1.807, 2.05) is 6.92 Å². The summed E-state index contributed by atoms with van der Waals surface area (Å²) in [6.45, 7) is 3.47. The summed E-state index contributed by atoms with van der Waals surface area (Å²) in [6, 6.07) is 11.3. The fourth-order valence-electron chi connectivity index (χ4n) is 4.43. The van der Waals surface area contributed by atoms with Gasteiger partial charge in [0, 0.05) is 12.6 Å². The Bertz CT molecular complexity index is 1150. The second-order valence-corrected chi connectivity index (χ2v) is 11.3. The molecule has 1 unspecified atom stereocenters. The van der Waals surface area contributed by atoms with Crippen molar-refractivity contribution in [3.63, 3.8) is 0 Å². The molecule has 3 rings (SSSR count). The van der Waals surface area contributed by atoms with Crippen LogP contribution in [0.3, 0.4) is 0 Å². The molecule has 8 nitrogen and oxygen atoms in total. The highest BCUT2D eigenvalue weighted by Gasteiger charge is 2.31. The molecule has 10 heteroatoms. The maximum atomic E-state index is 13.6. The molecule has 1 aliphatic carbocycles. The van der Waals surface area contributed by atoms with E-state index in [4.69, 9.17) is 4.74 Å². The molecular weight excluding hydrogens is 497 g/mol. The predicted octanol–water partition coefficient (Wildman–Crippen LogP) is 3.86. The summed E-state index contributed by atoms with van der Waals surface area (Å²) in [6.07, 6.45) is 6.05. The van der Waals surface area contributed by atoms with Crippen molar-refractivity contribution in [2.75, 3.05) is 23.7 Å². The van der Waals surface area contributed by atoms with Gasteiger partial charge in [-0.15, -0.1) is 0 Å². The number of anilines is 1. The maximum Gasteiger partial charge on any atom is 0.244 e. The number of rotatable bonds is 11. The number of ether oxygens (including phenoxy) is 1. The third-order valence-corrected chi connectivity index (χ3v) is 7.64. The van der Waals surface area contributed by atoms with Gasteiger partial charge in [-0.05, 0) is 68.7 Å². The Hall–Kier alpha value is -3.14. The number of nitrogens with zero attached hydrogens (tertiary/aromatic N) is 2. The summed E-state index contributed by atoms with van der Waals surface area (Å²) in [7, 11) is -3.82. The van der Waals surface area contributed by atoms with Gasteiger partial charge in [0.1, 0.15) is 24.2 Å². The SMILES string of the molecule is CCOc1ccc(N(CC(=O)N(Cc2ccc(F)cc2)C(C)C(=O)NC2CCCCC2)S(C)(=O)=O)cc1. The number of benzene rings is 2. The minimum Gasteiger partial charge on any atom is -0.494 e. The minimum absolute atomic E-state index is 0.0270. The van der Waals surface area contributed by atoms with Crippen LogP contribution in [0.15, 0.2) is 48.5 Å². The summed E-state index contributed by atoms with van der Waals surface area (Å²) >= 11 is 0. The van der Waals surface area contributed by atoms with Crippen LogP contribution in [0.1, 0.15) is 51.5 Å². The number of halogens is 1. The lowest BCUT2D eigenvalue weighted by Crippen LogP contribution is -2.52. The minimum atomic E-state index is -3.82. The summed E-state index contributed by atoms with van der Waals surface area (Å²) < 4.78 is 45.2. The number of nitrogens with one attached hydrogen (secondary N) is 1. The van der Waals surface area contributed by atoms with Crippen LogP contribution in [0.2, 0.25) is 0 Å². The molecule has 0 saturated heterocycles. The van der Waals surface area contributed by atoms with E-state index < -0.39 is 34.3 Å². The van der Waals surface area contributed by atoms with Crippen LogP contribution >= 0.6 is 0 Å². The monoisotopic (exact) mass is 533 g/mol. The van der Waals surface area contributed by atoms with Crippen LogP contribution in [-0.4, -0.2) is 56.6 Å². The largest absolute Gasteiger partial charge is 0.494 e. The first-order valence-corrected chi connectivity index (χ1v) is 14.5. The highest BCUT2D eigenvalue weighted by molar-refractivity contribution is 7.92. The quantitative estimate of drug-likeness (QED) is 0.473. The molecule has 1 aliphatic rings. The normalized spacial score (nSPS) is 15.0. The van der Waals surface area contributed by atoms with Gasteiger partial charge in [-0.1, -0.05) is 31.4 Å². The molecule has 0 radical (unpaired) electrons. The Morgan fingerprint density at radius 3 is 2.24 bits per heavy atom. The molecule has 0 spiro atoms. The molecule has 0 aliphatic heterocycles. The topological polar surface area (TPSA) is 96.0 Å². The lowest BCUT2D eigenvalue weighted by atomic mass is 9.95. The lowest BCUT2D eigenvalue weighted by Gasteiger charge is -2.33.